The van der Waals surface area contributed by atoms with E-state index >= 15 is 0 Å². The van der Waals surface area contributed by atoms with Crippen LogP contribution in [0.4, 0.5) is 0 Å². The summed E-state index contributed by atoms with van der Waals surface area (Å²) in [7, 11) is 1.53. The molecule has 1 fully saturated rings. The van der Waals surface area contributed by atoms with E-state index in [9.17, 15) is 4.79 Å². The zero-order valence-corrected chi connectivity index (χ0v) is 13.4. The van der Waals surface area contributed by atoms with Crippen molar-refractivity contribution in [1.82, 2.24) is 15.1 Å². The van der Waals surface area contributed by atoms with Gasteiger partial charge >= 0.3 is 0 Å². The molecule has 2 aromatic rings. The minimum absolute atomic E-state index is 0.0198. The third-order valence-electron chi connectivity index (χ3n) is 3.64. The molecular weight excluding hydrogens is 318 g/mol. The fraction of sp³-hybridized carbons (Fsp3) is 0.312. The van der Waals surface area contributed by atoms with E-state index in [1.54, 1.807) is 41.3 Å². The van der Waals surface area contributed by atoms with Gasteiger partial charge in [0.25, 0.3) is 5.91 Å². The van der Waals surface area contributed by atoms with Crippen LogP contribution in [0, 0.1) is 0 Å². The summed E-state index contributed by atoms with van der Waals surface area (Å²) in [6.07, 6.45) is 0.668. The van der Waals surface area contributed by atoms with Gasteiger partial charge in [0.1, 0.15) is 6.10 Å². The first-order valence-electron chi connectivity index (χ1n) is 7.25. The first kappa shape index (κ1) is 15.6. The number of methoxy groups -OCH3 is 1. The molecular formula is C16H16ClN3O3. The van der Waals surface area contributed by atoms with E-state index in [4.69, 9.17) is 21.1 Å². The standard InChI is InChI=1S/C16H16ClN3O3/c1-22-14-6-7-15(19-18-14)23-13-8-9-20(10-13)16(21)11-2-4-12(17)5-3-11/h2-7,13H,8-10H2,1H3. The molecule has 1 unspecified atom stereocenters. The third-order valence-corrected chi connectivity index (χ3v) is 3.89. The lowest BCUT2D eigenvalue weighted by Gasteiger charge is -2.17. The largest absolute Gasteiger partial charge is 0.480 e. The molecule has 0 aliphatic carbocycles. The molecule has 120 valence electrons. The second kappa shape index (κ2) is 6.83. The first-order chi connectivity index (χ1) is 11.2. The number of halogens is 1. The predicted molar refractivity (Wildman–Crippen MR) is 85.0 cm³/mol. The van der Waals surface area contributed by atoms with Crippen molar-refractivity contribution in [2.45, 2.75) is 12.5 Å². The molecule has 1 aliphatic rings. The molecule has 1 saturated heterocycles. The van der Waals surface area contributed by atoms with E-state index < -0.39 is 0 Å². The number of likely N-dealkylation sites (tertiary alicyclic amines) is 1. The molecule has 7 heteroatoms. The van der Waals surface area contributed by atoms with Crippen molar-refractivity contribution >= 4 is 17.5 Å². The molecule has 0 radical (unpaired) electrons. The number of hydrogen-bond donors (Lipinski definition) is 0. The second-order valence-corrected chi connectivity index (χ2v) is 5.64. The van der Waals surface area contributed by atoms with Crippen LogP contribution in [0.5, 0.6) is 11.8 Å². The molecule has 23 heavy (non-hydrogen) atoms. The Hall–Kier alpha value is -2.34. The van der Waals surface area contributed by atoms with E-state index in [1.165, 1.54) is 7.11 Å². The maximum Gasteiger partial charge on any atom is 0.253 e. The van der Waals surface area contributed by atoms with Crippen molar-refractivity contribution in [2.24, 2.45) is 0 Å². The number of carbonyl (C=O) groups is 1. The number of ether oxygens (including phenoxy) is 2. The van der Waals surface area contributed by atoms with Crippen LogP contribution in [0.25, 0.3) is 0 Å². The predicted octanol–water partition coefficient (Wildman–Crippen LogP) is 2.43. The van der Waals surface area contributed by atoms with Crippen molar-refractivity contribution in [3.8, 4) is 11.8 Å². The van der Waals surface area contributed by atoms with Crippen LogP contribution in [0.2, 0.25) is 5.02 Å². The van der Waals surface area contributed by atoms with Crippen LogP contribution in [-0.4, -0.2) is 47.3 Å². The van der Waals surface area contributed by atoms with E-state index in [2.05, 4.69) is 10.2 Å². The number of rotatable bonds is 4. The van der Waals surface area contributed by atoms with Crippen LogP contribution < -0.4 is 9.47 Å². The molecule has 0 saturated carbocycles. The SMILES string of the molecule is COc1ccc(OC2CCN(C(=O)c3ccc(Cl)cc3)C2)nn1. The van der Waals surface area contributed by atoms with Crippen LogP contribution in [0.15, 0.2) is 36.4 Å². The number of nitrogens with zero attached hydrogens (tertiary/aromatic N) is 3. The van der Waals surface area contributed by atoms with Crippen molar-refractivity contribution < 1.29 is 14.3 Å². The van der Waals surface area contributed by atoms with Gasteiger partial charge in [-0.15, -0.1) is 10.2 Å². The van der Waals surface area contributed by atoms with E-state index in [0.717, 1.165) is 6.42 Å². The molecule has 1 aromatic carbocycles. The van der Waals surface area contributed by atoms with Crippen molar-refractivity contribution in [3.63, 3.8) is 0 Å². The number of hydrogen-bond acceptors (Lipinski definition) is 5. The van der Waals surface area contributed by atoms with Gasteiger partial charge in [-0.1, -0.05) is 11.6 Å². The number of benzene rings is 1. The molecule has 3 rings (SSSR count). The van der Waals surface area contributed by atoms with Crippen molar-refractivity contribution in [3.05, 3.63) is 47.0 Å². The molecule has 0 spiro atoms. The maximum absolute atomic E-state index is 12.4. The Bertz CT molecular complexity index is 676. The highest BCUT2D eigenvalue weighted by Crippen LogP contribution is 2.20. The fourth-order valence-electron chi connectivity index (χ4n) is 2.43. The lowest BCUT2D eigenvalue weighted by molar-refractivity contribution is 0.0771. The van der Waals surface area contributed by atoms with Gasteiger partial charge in [0.05, 0.1) is 13.7 Å². The van der Waals surface area contributed by atoms with Gasteiger partial charge in [0.15, 0.2) is 0 Å². The molecule has 0 N–H and O–H groups in total. The molecule has 1 amide bonds. The highest BCUT2D eigenvalue weighted by molar-refractivity contribution is 6.30. The normalized spacial score (nSPS) is 17.1. The van der Waals surface area contributed by atoms with Gasteiger partial charge in [-0.05, 0) is 24.3 Å². The fourth-order valence-corrected chi connectivity index (χ4v) is 2.56. The number of aromatic nitrogens is 2. The highest BCUT2D eigenvalue weighted by atomic mass is 35.5. The minimum atomic E-state index is -0.0889. The summed E-state index contributed by atoms with van der Waals surface area (Å²) in [6.45, 7) is 1.17. The molecule has 1 aliphatic heterocycles. The van der Waals surface area contributed by atoms with Crippen LogP contribution in [-0.2, 0) is 0 Å². The van der Waals surface area contributed by atoms with Crippen molar-refractivity contribution in [1.29, 1.82) is 0 Å². The Morgan fingerprint density at radius 3 is 2.52 bits per heavy atom. The van der Waals surface area contributed by atoms with Gasteiger partial charge in [0, 0.05) is 35.7 Å². The zero-order chi connectivity index (χ0) is 16.2. The first-order valence-corrected chi connectivity index (χ1v) is 7.63. The number of carbonyl (C=O) groups excluding carboxylic acids is 1. The van der Waals surface area contributed by atoms with Gasteiger partial charge in [0.2, 0.25) is 11.8 Å². The molecule has 1 atom stereocenters. The van der Waals surface area contributed by atoms with Gasteiger partial charge in [-0.3, -0.25) is 4.79 Å². The lowest BCUT2D eigenvalue weighted by atomic mass is 10.2. The van der Waals surface area contributed by atoms with E-state index in [-0.39, 0.29) is 12.0 Å². The lowest BCUT2D eigenvalue weighted by Crippen LogP contribution is -2.31. The van der Waals surface area contributed by atoms with Gasteiger partial charge < -0.3 is 14.4 Å². The summed E-state index contributed by atoms with van der Waals surface area (Å²) in [5.41, 5.74) is 0.624. The second-order valence-electron chi connectivity index (χ2n) is 5.20. The van der Waals surface area contributed by atoms with Gasteiger partial charge in [-0.25, -0.2) is 0 Å². The van der Waals surface area contributed by atoms with Crippen LogP contribution in [0.1, 0.15) is 16.8 Å². The third kappa shape index (κ3) is 3.71. The summed E-state index contributed by atoms with van der Waals surface area (Å²) in [4.78, 5) is 14.2. The zero-order valence-electron chi connectivity index (χ0n) is 12.6. The average Bonchev–Trinajstić information content (AvgIpc) is 3.04. The quantitative estimate of drug-likeness (QED) is 0.859. The summed E-state index contributed by atoms with van der Waals surface area (Å²) in [6, 6.07) is 10.3. The Labute approximate surface area is 139 Å². The Morgan fingerprint density at radius 1 is 1.17 bits per heavy atom. The Kier molecular flexibility index (Phi) is 4.62. The average molecular weight is 334 g/mol. The van der Waals surface area contributed by atoms with Crippen LogP contribution >= 0.6 is 11.6 Å². The molecule has 2 heterocycles. The van der Waals surface area contributed by atoms with E-state index in [0.29, 0.717) is 35.4 Å². The molecule has 1 aromatic heterocycles. The monoisotopic (exact) mass is 333 g/mol. The molecule has 6 nitrogen and oxygen atoms in total. The molecule has 0 bridgehead atoms. The summed E-state index contributed by atoms with van der Waals surface area (Å²) in [5.74, 6) is 0.841. The summed E-state index contributed by atoms with van der Waals surface area (Å²) in [5, 5.41) is 8.41. The minimum Gasteiger partial charge on any atom is -0.480 e. The Morgan fingerprint density at radius 2 is 1.87 bits per heavy atom. The topological polar surface area (TPSA) is 64.6 Å². The summed E-state index contributed by atoms with van der Waals surface area (Å²) < 4.78 is 10.7. The van der Waals surface area contributed by atoms with E-state index in [1.807, 2.05) is 0 Å². The van der Waals surface area contributed by atoms with Gasteiger partial charge in [-0.2, -0.15) is 0 Å². The maximum atomic E-state index is 12.4. The Balaban J connectivity index is 1.59. The smallest absolute Gasteiger partial charge is 0.253 e. The van der Waals surface area contributed by atoms with Crippen LogP contribution in [0.3, 0.4) is 0 Å². The van der Waals surface area contributed by atoms with Crippen molar-refractivity contribution in [2.75, 3.05) is 20.2 Å². The highest BCUT2D eigenvalue weighted by Gasteiger charge is 2.28. The number of amides is 1. The summed E-state index contributed by atoms with van der Waals surface area (Å²) >= 11 is 5.84.